The van der Waals surface area contributed by atoms with E-state index in [2.05, 4.69) is 31.9 Å². The van der Waals surface area contributed by atoms with E-state index in [9.17, 15) is 4.39 Å². The molecular weight excluding hydrogens is 379 g/mol. The Morgan fingerprint density at radius 1 is 1.05 bits per heavy atom. The van der Waals surface area contributed by atoms with Gasteiger partial charge < -0.3 is 9.47 Å². The third-order valence-corrected chi connectivity index (χ3v) is 3.92. The molecule has 2 nitrogen and oxygen atoms in total. The van der Waals surface area contributed by atoms with Gasteiger partial charge in [0.25, 0.3) is 0 Å². The van der Waals surface area contributed by atoms with Gasteiger partial charge in [-0.25, -0.2) is 4.39 Å². The summed E-state index contributed by atoms with van der Waals surface area (Å²) in [5.41, 5.74) is 0.954. The molecule has 100 valence electrons. The molecule has 19 heavy (non-hydrogen) atoms. The van der Waals surface area contributed by atoms with Crippen LogP contribution in [0.25, 0.3) is 0 Å². The van der Waals surface area contributed by atoms with Crippen molar-refractivity contribution in [3.8, 4) is 11.5 Å². The Morgan fingerprint density at radius 3 is 2.53 bits per heavy atom. The van der Waals surface area contributed by atoms with Gasteiger partial charge in [-0.3, -0.25) is 0 Å². The molecule has 0 aromatic heterocycles. The maximum Gasteiger partial charge on any atom is 0.134 e. The van der Waals surface area contributed by atoms with Crippen LogP contribution in [0.2, 0.25) is 0 Å². The van der Waals surface area contributed by atoms with Crippen LogP contribution in [-0.4, -0.2) is 7.11 Å². The Hall–Kier alpha value is -1.07. The average Bonchev–Trinajstić information content (AvgIpc) is 2.39. The molecule has 0 spiro atoms. The van der Waals surface area contributed by atoms with Gasteiger partial charge >= 0.3 is 0 Å². The quantitative estimate of drug-likeness (QED) is 0.737. The predicted molar refractivity (Wildman–Crippen MR) is 79.1 cm³/mol. The van der Waals surface area contributed by atoms with Crippen LogP contribution in [0.1, 0.15) is 5.56 Å². The van der Waals surface area contributed by atoms with Crippen LogP contribution < -0.4 is 9.47 Å². The van der Waals surface area contributed by atoms with E-state index >= 15 is 0 Å². The van der Waals surface area contributed by atoms with Crippen molar-refractivity contribution >= 4 is 31.9 Å². The maximum atomic E-state index is 13.0. The van der Waals surface area contributed by atoms with Gasteiger partial charge in [-0.15, -0.1) is 0 Å². The van der Waals surface area contributed by atoms with E-state index in [1.54, 1.807) is 13.2 Å². The van der Waals surface area contributed by atoms with E-state index in [-0.39, 0.29) is 5.82 Å². The zero-order chi connectivity index (χ0) is 13.8. The van der Waals surface area contributed by atoms with Crippen molar-refractivity contribution in [1.82, 2.24) is 0 Å². The van der Waals surface area contributed by atoms with Crippen molar-refractivity contribution in [1.29, 1.82) is 0 Å². The SMILES string of the molecule is COc1ccc(Br)c(COc2ccc(F)cc2Br)c1. The molecule has 0 bridgehead atoms. The van der Waals surface area contributed by atoms with Gasteiger partial charge in [0.2, 0.25) is 0 Å². The van der Waals surface area contributed by atoms with Gasteiger partial charge in [0.1, 0.15) is 23.9 Å². The van der Waals surface area contributed by atoms with Crippen LogP contribution in [0.4, 0.5) is 4.39 Å². The minimum absolute atomic E-state index is 0.304. The van der Waals surface area contributed by atoms with Gasteiger partial charge in [0.05, 0.1) is 11.6 Å². The maximum absolute atomic E-state index is 13.0. The molecule has 5 heteroatoms. The van der Waals surface area contributed by atoms with E-state index < -0.39 is 0 Å². The van der Waals surface area contributed by atoms with E-state index in [0.29, 0.717) is 16.8 Å². The lowest BCUT2D eigenvalue weighted by Gasteiger charge is -2.10. The zero-order valence-corrected chi connectivity index (χ0v) is 13.3. The molecule has 0 radical (unpaired) electrons. The second kappa shape index (κ2) is 6.39. The number of halogens is 3. The molecule has 0 fully saturated rings. The van der Waals surface area contributed by atoms with Gasteiger partial charge in [0.15, 0.2) is 0 Å². The first-order valence-electron chi connectivity index (χ1n) is 5.50. The van der Waals surface area contributed by atoms with Crippen LogP contribution >= 0.6 is 31.9 Å². The lowest BCUT2D eigenvalue weighted by atomic mass is 10.2. The Labute approximate surface area is 127 Å². The molecule has 0 heterocycles. The van der Waals surface area contributed by atoms with Crippen molar-refractivity contribution < 1.29 is 13.9 Å². The molecule has 0 saturated carbocycles. The number of benzene rings is 2. The molecule has 0 N–H and O–H groups in total. The van der Waals surface area contributed by atoms with Crippen LogP contribution in [0.3, 0.4) is 0 Å². The summed E-state index contributed by atoms with van der Waals surface area (Å²) in [4.78, 5) is 0. The van der Waals surface area contributed by atoms with Crippen LogP contribution in [-0.2, 0) is 6.61 Å². The summed E-state index contributed by atoms with van der Waals surface area (Å²) in [6.45, 7) is 0.363. The largest absolute Gasteiger partial charge is 0.497 e. The van der Waals surface area contributed by atoms with E-state index in [1.807, 2.05) is 18.2 Å². The van der Waals surface area contributed by atoms with Crippen molar-refractivity contribution in [3.63, 3.8) is 0 Å². The second-order valence-electron chi connectivity index (χ2n) is 3.82. The Balaban J connectivity index is 2.14. The smallest absolute Gasteiger partial charge is 0.134 e. The molecule has 0 saturated heterocycles. The van der Waals surface area contributed by atoms with Gasteiger partial charge in [-0.2, -0.15) is 0 Å². The zero-order valence-electron chi connectivity index (χ0n) is 10.1. The molecule has 2 rings (SSSR count). The summed E-state index contributed by atoms with van der Waals surface area (Å²) >= 11 is 6.72. The summed E-state index contributed by atoms with van der Waals surface area (Å²) in [5.74, 6) is 1.05. The molecule has 2 aromatic carbocycles. The minimum Gasteiger partial charge on any atom is -0.497 e. The third kappa shape index (κ3) is 3.70. The number of ether oxygens (including phenoxy) is 2. The molecule has 0 unspecified atom stereocenters. The second-order valence-corrected chi connectivity index (χ2v) is 5.53. The molecule has 0 aliphatic rings. The highest BCUT2D eigenvalue weighted by molar-refractivity contribution is 9.10. The monoisotopic (exact) mass is 388 g/mol. The molecule has 2 aromatic rings. The number of hydrogen-bond donors (Lipinski definition) is 0. The van der Waals surface area contributed by atoms with E-state index in [0.717, 1.165) is 15.8 Å². The van der Waals surface area contributed by atoms with Crippen molar-refractivity contribution in [2.75, 3.05) is 7.11 Å². The molecule has 0 aliphatic carbocycles. The fraction of sp³-hybridized carbons (Fsp3) is 0.143. The average molecular weight is 390 g/mol. The summed E-state index contributed by atoms with van der Waals surface area (Å²) in [7, 11) is 1.62. The summed E-state index contributed by atoms with van der Waals surface area (Å²) in [6.07, 6.45) is 0. The number of rotatable bonds is 4. The summed E-state index contributed by atoms with van der Waals surface area (Å²) in [5, 5.41) is 0. The van der Waals surface area contributed by atoms with Crippen LogP contribution in [0, 0.1) is 5.82 Å². The van der Waals surface area contributed by atoms with E-state index in [1.165, 1.54) is 12.1 Å². The van der Waals surface area contributed by atoms with Crippen LogP contribution in [0.15, 0.2) is 45.3 Å². The van der Waals surface area contributed by atoms with Crippen molar-refractivity contribution in [3.05, 3.63) is 56.7 Å². The first-order chi connectivity index (χ1) is 9.10. The molecular formula is C14H11Br2FO2. The molecule has 0 amide bonds. The predicted octanol–water partition coefficient (Wildman–Crippen LogP) is 4.94. The normalized spacial score (nSPS) is 10.3. The number of methoxy groups -OCH3 is 1. The summed E-state index contributed by atoms with van der Waals surface area (Å²) in [6, 6.07) is 9.98. The first kappa shape index (κ1) is 14.3. The van der Waals surface area contributed by atoms with Crippen molar-refractivity contribution in [2.24, 2.45) is 0 Å². The number of hydrogen-bond acceptors (Lipinski definition) is 2. The Morgan fingerprint density at radius 2 is 1.84 bits per heavy atom. The fourth-order valence-electron chi connectivity index (χ4n) is 1.54. The van der Waals surface area contributed by atoms with Gasteiger partial charge in [-0.1, -0.05) is 15.9 Å². The minimum atomic E-state index is -0.304. The standard InChI is InChI=1S/C14H11Br2FO2/c1-18-11-3-4-12(15)9(6-11)8-19-14-5-2-10(17)7-13(14)16/h2-7H,8H2,1H3. The van der Waals surface area contributed by atoms with E-state index in [4.69, 9.17) is 9.47 Å². The highest BCUT2D eigenvalue weighted by Crippen LogP contribution is 2.28. The topological polar surface area (TPSA) is 18.5 Å². The van der Waals surface area contributed by atoms with Crippen LogP contribution in [0.5, 0.6) is 11.5 Å². The van der Waals surface area contributed by atoms with Gasteiger partial charge in [-0.05, 0) is 52.3 Å². The highest BCUT2D eigenvalue weighted by Gasteiger charge is 2.06. The Bertz CT molecular complexity index is 588. The first-order valence-corrected chi connectivity index (χ1v) is 7.09. The van der Waals surface area contributed by atoms with Crippen molar-refractivity contribution in [2.45, 2.75) is 6.61 Å². The lowest BCUT2D eigenvalue weighted by molar-refractivity contribution is 0.302. The third-order valence-electron chi connectivity index (χ3n) is 2.53. The Kier molecular flexibility index (Phi) is 4.82. The molecule has 0 aliphatic heterocycles. The fourth-order valence-corrected chi connectivity index (χ4v) is 2.36. The van der Waals surface area contributed by atoms with Gasteiger partial charge in [0, 0.05) is 10.0 Å². The lowest BCUT2D eigenvalue weighted by Crippen LogP contribution is -1.98. The summed E-state index contributed by atoms with van der Waals surface area (Å²) < 4.78 is 25.3. The molecule has 0 atom stereocenters. The highest BCUT2D eigenvalue weighted by atomic mass is 79.9.